The molecule has 2 atom stereocenters. The van der Waals surface area contributed by atoms with E-state index >= 15 is 0 Å². The molecule has 0 unspecified atom stereocenters. The van der Waals surface area contributed by atoms with E-state index < -0.39 is 24.3 Å². The van der Waals surface area contributed by atoms with Crippen molar-refractivity contribution in [1.29, 1.82) is 0 Å². The van der Waals surface area contributed by atoms with Crippen molar-refractivity contribution in [2.75, 3.05) is 0 Å². The van der Waals surface area contributed by atoms with Gasteiger partial charge in [-0.15, -0.1) is 0 Å². The van der Waals surface area contributed by atoms with Gasteiger partial charge in [0, 0.05) is 22.7 Å². The van der Waals surface area contributed by atoms with Crippen LogP contribution in [0.15, 0.2) is 17.7 Å². The van der Waals surface area contributed by atoms with Crippen molar-refractivity contribution in [1.82, 2.24) is 0 Å². The first-order chi connectivity index (χ1) is 12.6. The Morgan fingerprint density at radius 1 is 1.33 bits per heavy atom. The van der Waals surface area contributed by atoms with Crippen LogP contribution in [0.2, 0.25) is 0 Å². The van der Waals surface area contributed by atoms with Crippen LogP contribution >= 0.6 is 7.60 Å². The van der Waals surface area contributed by atoms with Gasteiger partial charge >= 0.3 is 0 Å². The number of phenolic OH excluding ortho intramolecular Hbond substituents is 1. The Kier molecular flexibility index (Phi) is 5.51. The number of fused-ring (bicyclic) bond motifs is 3. The normalized spacial score (nSPS) is 23.9. The van der Waals surface area contributed by atoms with E-state index in [0.717, 1.165) is 32.1 Å². The van der Waals surface area contributed by atoms with Crippen LogP contribution in [0, 0.1) is 5.92 Å². The maximum absolute atomic E-state index is 12.0. The van der Waals surface area contributed by atoms with Gasteiger partial charge in [-0.25, -0.2) is 0 Å². The molecular weight excluding hydrogens is 363 g/mol. The predicted octanol–water partition coefficient (Wildman–Crippen LogP) is 3.27. The van der Waals surface area contributed by atoms with Gasteiger partial charge < -0.3 is 24.2 Å². The summed E-state index contributed by atoms with van der Waals surface area (Å²) in [5.74, 6) is 0.0840. The molecule has 0 bridgehead atoms. The lowest BCUT2D eigenvalue weighted by atomic mass is 9.68. The summed E-state index contributed by atoms with van der Waals surface area (Å²) in [5.41, 5.74) is 1.61. The van der Waals surface area contributed by atoms with Crippen molar-refractivity contribution in [3.8, 4) is 11.5 Å². The summed E-state index contributed by atoms with van der Waals surface area (Å²) in [6.45, 7) is 8.17. The first kappa shape index (κ1) is 20.4. The van der Waals surface area contributed by atoms with Gasteiger partial charge in [0.05, 0.1) is 0 Å². The molecule has 1 aromatic rings. The lowest BCUT2D eigenvalue weighted by Crippen LogP contribution is -2.45. The fourth-order valence-electron chi connectivity index (χ4n) is 4.66. The molecular formula is C21H29O5P-2. The molecule has 1 aromatic carbocycles. The summed E-state index contributed by atoms with van der Waals surface area (Å²) in [6.07, 6.45) is 7.06. The van der Waals surface area contributed by atoms with Crippen molar-refractivity contribution in [2.24, 2.45) is 5.92 Å². The Morgan fingerprint density at radius 3 is 2.67 bits per heavy atom. The Bertz CT molecular complexity index is 805. The number of phenols is 1. The molecule has 0 amide bonds. The second kappa shape index (κ2) is 7.27. The lowest BCUT2D eigenvalue weighted by Gasteiger charge is -2.47. The molecule has 150 valence electrons. The minimum atomic E-state index is -5.11. The number of ether oxygens (including phenoxy) is 1. The number of hydrogen-bond donors (Lipinski definition) is 1. The van der Waals surface area contributed by atoms with Gasteiger partial charge in [0.1, 0.15) is 17.1 Å². The average molecular weight is 392 g/mol. The number of unbranched alkanes of at least 4 members (excludes halogenated alkanes) is 2. The van der Waals surface area contributed by atoms with Crippen molar-refractivity contribution in [3.63, 3.8) is 0 Å². The summed E-state index contributed by atoms with van der Waals surface area (Å²) in [4.78, 5) is 24.0. The van der Waals surface area contributed by atoms with E-state index in [9.17, 15) is 19.5 Å². The molecule has 1 heterocycles. The second-order valence-electron chi connectivity index (χ2n) is 8.49. The first-order valence-electron chi connectivity index (χ1n) is 9.84. The van der Waals surface area contributed by atoms with Gasteiger partial charge in [-0.1, -0.05) is 31.4 Å². The Labute approximate surface area is 161 Å². The van der Waals surface area contributed by atoms with Gasteiger partial charge in [0.15, 0.2) is 0 Å². The van der Waals surface area contributed by atoms with Gasteiger partial charge in [0.25, 0.3) is 0 Å². The number of allylic oxidation sites excluding steroid dienone is 2. The van der Waals surface area contributed by atoms with Crippen LogP contribution in [0.4, 0.5) is 0 Å². The summed E-state index contributed by atoms with van der Waals surface area (Å²) in [5, 5.41) is 10.5. The molecule has 0 saturated carbocycles. The molecule has 0 spiro atoms. The maximum atomic E-state index is 12.0. The highest BCUT2D eigenvalue weighted by Gasteiger charge is 2.45. The van der Waals surface area contributed by atoms with Crippen LogP contribution in [0.25, 0.3) is 0 Å². The number of rotatable bonds is 5. The third kappa shape index (κ3) is 3.83. The third-order valence-electron chi connectivity index (χ3n) is 6.02. The summed E-state index contributed by atoms with van der Waals surface area (Å²) in [7, 11) is -5.11. The zero-order valence-electron chi connectivity index (χ0n) is 16.6. The highest BCUT2D eigenvalue weighted by atomic mass is 31.2. The van der Waals surface area contributed by atoms with E-state index in [1.54, 1.807) is 6.07 Å². The summed E-state index contributed by atoms with van der Waals surface area (Å²) < 4.78 is 18.2. The molecule has 0 aromatic heterocycles. The zero-order valence-corrected chi connectivity index (χ0v) is 17.5. The molecule has 1 aliphatic carbocycles. The van der Waals surface area contributed by atoms with Crippen molar-refractivity contribution < 1.29 is 24.2 Å². The highest BCUT2D eigenvalue weighted by Crippen LogP contribution is 2.54. The van der Waals surface area contributed by atoms with Crippen molar-refractivity contribution >= 4 is 12.9 Å². The SMILES string of the molecule is CCCCCc1cc2c(c(O)c1P(=O)([O-])[O-])[C@@H]1C=C(C)CC[C@H]1C(C)(C)O2. The number of benzene rings is 1. The standard InChI is InChI=1S/C21H31O5P/c1-5-6-7-8-14-12-17-18(19(22)20(14)27(23,24)25)15-11-13(2)9-10-16(15)21(3,4)26-17/h11-12,15-16,22H,5-10H2,1-4H3,(H2,23,24,25)/p-2/t15-,16-/m1/s1. The molecule has 2 aliphatic rings. The second-order valence-corrected chi connectivity index (χ2v) is 9.93. The number of aryl methyl sites for hydroxylation is 1. The number of aromatic hydroxyl groups is 1. The van der Waals surface area contributed by atoms with E-state index in [4.69, 9.17) is 4.74 Å². The minimum absolute atomic E-state index is 0.121. The van der Waals surface area contributed by atoms with Crippen LogP contribution in [-0.4, -0.2) is 10.7 Å². The Hall–Kier alpha value is -1.29. The molecule has 27 heavy (non-hydrogen) atoms. The molecule has 0 radical (unpaired) electrons. The van der Waals surface area contributed by atoms with E-state index in [1.165, 1.54) is 5.57 Å². The zero-order chi connectivity index (χ0) is 20.0. The maximum Gasteiger partial charge on any atom is 0.131 e. The molecule has 0 fully saturated rings. The quantitative estimate of drug-likeness (QED) is 0.472. The molecule has 1 N–H and O–H groups in total. The number of hydrogen-bond acceptors (Lipinski definition) is 5. The molecule has 5 nitrogen and oxygen atoms in total. The third-order valence-corrected chi connectivity index (χ3v) is 7.07. The molecule has 6 heteroatoms. The fourth-order valence-corrected chi connectivity index (χ4v) is 5.57. The molecule has 0 saturated heterocycles. The van der Waals surface area contributed by atoms with Crippen LogP contribution in [-0.2, 0) is 11.0 Å². The van der Waals surface area contributed by atoms with Gasteiger partial charge in [0.2, 0.25) is 0 Å². The first-order valence-corrected chi connectivity index (χ1v) is 11.4. The monoisotopic (exact) mass is 392 g/mol. The van der Waals surface area contributed by atoms with E-state index in [-0.39, 0.29) is 11.8 Å². The molecule has 3 rings (SSSR count). The topological polar surface area (TPSA) is 92.7 Å². The van der Waals surface area contributed by atoms with Crippen molar-refractivity contribution in [3.05, 3.63) is 28.8 Å². The summed E-state index contributed by atoms with van der Waals surface area (Å²) in [6, 6.07) is 1.68. The predicted molar refractivity (Wildman–Crippen MR) is 103 cm³/mol. The van der Waals surface area contributed by atoms with Gasteiger partial charge in [-0.05, 0) is 65.7 Å². The van der Waals surface area contributed by atoms with Crippen molar-refractivity contribution in [2.45, 2.75) is 77.7 Å². The Morgan fingerprint density at radius 2 is 2.04 bits per heavy atom. The van der Waals surface area contributed by atoms with Gasteiger partial charge in [-0.3, -0.25) is 0 Å². The van der Waals surface area contributed by atoms with E-state index in [1.807, 2.05) is 20.8 Å². The largest absolute Gasteiger partial charge is 0.807 e. The lowest BCUT2D eigenvalue weighted by molar-refractivity contribution is -0.308. The van der Waals surface area contributed by atoms with E-state index in [0.29, 0.717) is 23.3 Å². The van der Waals surface area contributed by atoms with Crippen LogP contribution in [0.5, 0.6) is 11.5 Å². The average Bonchev–Trinajstić information content (AvgIpc) is 2.52. The van der Waals surface area contributed by atoms with Gasteiger partial charge in [-0.2, -0.15) is 0 Å². The van der Waals surface area contributed by atoms with Crippen LogP contribution < -0.4 is 19.8 Å². The smallest absolute Gasteiger partial charge is 0.131 e. The minimum Gasteiger partial charge on any atom is -0.807 e. The van der Waals surface area contributed by atoms with Crippen LogP contribution in [0.1, 0.15) is 76.8 Å². The fraction of sp³-hybridized carbons (Fsp3) is 0.619. The summed E-state index contributed by atoms with van der Waals surface area (Å²) >= 11 is 0. The van der Waals surface area contributed by atoms with E-state index in [2.05, 4.69) is 13.0 Å². The highest BCUT2D eigenvalue weighted by molar-refractivity contribution is 7.57. The molecule has 1 aliphatic heterocycles. The van der Waals surface area contributed by atoms with Crippen LogP contribution in [0.3, 0.4) is 0 Å². The Balaban J connectivity index is 2.20.